The molecule has 94 valence electrons. The van der Waals surface area contributed by atoms with Crippen molar-refractivity contribution in [1.29, 1.82) is 0 Å². The van der Waals surface area contributed by atoms with Gasteiger partial charge in [-0.25, -0.2) is 4.79 Å². The molecule has 0 aromatic heterocycles. The average Bonchev–Trinajstić information content (AvgIpc) is 2.34. The second kappa shape index (κ2) is 7.85. The number of carboxylic acids is 1. The molecule has 0 unspecified atom stereocenters. The molecule has 2 N–H and O–H groups in total. The molecule has 1 rings (SSSR count). The van der Waals surface area contributed by atoms with Gasteiger partial charge in [0.1, 0.15) is 0 Å². The Hall–Kier alpha value is -1.35. The Balaban J connectivity index is 2.27. The monoisotopic (exact) mass is 235 g/mol. The van der Waals surface area contributed by atoms with E-state index in [4.69, 9.17) is 5.11 Å². The first-order valence-corrected chi connectivity index (χ1v) is 6.27. The summed E-state index contributed by atoms with van der Waals surface area (Å²) < 4.78 is 0. The Morgan fingerprint density at radius 2 is 2.12 bits per heavy atom. The van der Waals surface area contributed by atoms with Gasteiger partial charge in [-0.05, 0) is 30.7 Å². The molecule has 0 aliphatic heterocycles. The smallest absolute Gasteiger partial charge is 0.335 e. The molecule has 0 fully saturated rings. The normalized spacial score (nSPS) is 10.4. The molecule has 0 spiro atoms. The number of unbranched alkanes of at least 4 members (excludes halogenated alkanes) is 3. The molecule has 0 bridgehead atoms. The van der Waals surface area contributed by atoms with E-state index in [-0.39, 0.29) is 0 Å². The van der Waals surface area contributed by atoms with Gasteiger partial charge in [0.05, 0.1) is 5.56 Å². The van der Waals surface area contributed by atoms with E-state index >= 15 is 0 Å². The summed E-state index contributed by atoms with van der Waals surface area (Å²) in [5, 5.41) is 12.2. The van der Waals surface area contributed by atoms with Crippen LogP contribution in [0.25, 0.3) is 0 Å². The fourth-order valence-electron chi connectivity index (χ4n) is 1.72. The highest BCUT2D eigenvalue weighted by molar-refractivity contribution is 5.87. The summed E-state index contributed by atoms with van der Waals surface area (Å²) in [5.74, 6) is -0.866. The van der Waals surface area contributed by atoms with Gasteiger partial charge < -0.3 is 10.4 Å². The van der Waals surface area contributed by atoms with E-state index in [0.717, 1.165) is 18.7 Å². The van der Waals surface area contributed by atoms with Crippen molar-refractivity contribution in [1.82, 2.24) is 5.32 Å². The van der Waals surface area contributed by atoms with E-state index in [1.807, 2.05) is 6.07 Å². The van der Waals surface area contributed by atoms with Crippen LogP contribution in [0.2, 0.25) is 0 Å². The van der Waals surface area contributed by atoms with E-state index in [0.29, 0.717) is 5.56 Å². The Morgan fingerprint density at radius 1 is 1.29 bits per heavy atom. The molecule has 1 aromatic carbocycles. The summed E-state index contributed by atoms with van der Waals surface area (Å²) in [7, 11) is 0. The van der Waals surface area contributed by atoms with Crippen LogP contribution in [0.15, 0.2) is 24.3 Å². The first-order chi connectivity index (χ1) is 8.24. The maximum atomic E-state index is 10.8. The van der Waals surface area contributed by atoms with Gasteiger partial charge in [-0.1, -0.05) is 38.3 Å². The van der Waals surface area contributed by atoms with Crippen LogP contribution in [-0.4, -0.2) is 17.6 Å². The highest BCUT2D eigenvalue weighted by Crippen LogP contribution is 2.05. The lowest BCUT2D eigenvalue weighted by Crippen LogP contribution is -2.15. The van der Waals surface area contributed by atoms with Crippen molar-refractivity contribution in [2.75, 3.05) is 6.54 Å². The summed E-state index contributed by atoms with van der Waals surface area (Å²) in [6.45, 7) is 3.94. The highest BCUT2D eigenvalue weighted by atomic mass is 16.4. The summed E-state index contributed by atoms with van der Waals surface area (Å²) in [4.78, 5) is 10.8. The number of hydrogen-bond donors (Lipinski definition) is 2. The predicted molar refractivity (Wildman–Crippen MR) is 69.3 cm³/mol. The summed E-state index contributed by atoms with van der Waals surface area (Å²) in [6, 6.07) is 7.08. The van der Waals surface area contributed by atoms with Gasteiger partial charge in [0, 0.05) is 6.54 Å². The molecule has 0 heterocycles. The van der Waals surface area contributed by atoms with E-state index in [9.17, 15) is 4.79 Å². The van der Waals surface area contributed by atoms with Crippen LogP contribution in [0, 0.1) is 0 Å². The SMILES string of the molecule is CCCCCCNCc1cccc(C(=O)O)c1. The molecule has 0 aliphatic rings. The van der Waals surface area contributed by atoms with Gasteiger partial charge in [-0.3, -0.25) is 0 Å². The molecule has 0 aliphatic carbocycles. The van der Waals surface area contributed by atoms with Crippen LogP contribution in [0.1, 0.15) is 48.5 Å². The molecule has 3 nitrogen and oxygen atoms in total. The Labute approximate surface area is 103 Å². The number of hydrogen-bond acceptors (Lipinski definition) is 2. The third-order valence-corrected chi connectivity index (χ3v) is 2.71. The van der Waals surface area contributed by atoms with Gasteiger partial charge in [-0.15, -0.1) is 0 Å². The first-order valence-electron chi connectivity index (χ1n) is 6.27. The van der Waals surface area contributed by atoms with Crippen LogP contribution >= 0.6 is 0 Å². The summed E-state index contributed by atoms with van der Waals surface area (Å²) >= 11 is 0. The minimum atomic E-state index is -0.866. The molecule has 0 amide bonds. The molecule has 1 aromatic rings. The van der Waals surface area contributed by atoms with Gasteiger partial charge in [0.15, 0.2) is 0 Å². The lowest BCUT2D eigenvalue weighted by Gasteiger charge is -2.05. The van der Waals surface area contributed by atoms with Crippen molar-refractivity contribution < 1.29 is 9.90 Å². The van der Waals surface area contributed by atoms with E-state index in [1.165, 1.54) is 25.7 Å². The van der Waals surface area contributed by atoms with Crippen molar-refractivity contribution >= 4 is 5.97 Å². The maximum absolute atomic E-state index is 10.8. The van der Waals surface area contributed by atoms with Gasteiger partial charge in [-0.2, -0.15) is 0 Å². The van der Waals surface area contributed by atoms with Crippen LogP contribution in [0.5, 0.6) is 0 Å². The molecule has 17 heavy (non-hydrogen) atoms. The summed E-state index contributed by atoms with van der Waals surface area (Å²) in [6.07, 6.45) is 4.99. The average molecular weight is 235 g/mol. The fraction of sp³-hybridized carbons (Fsp3) is 0.500. The third-order valence-electron chi connectivity index (χ3n) is 2.71. The Morgan fingerprint density at radius 3 is 2.82 bits per heavy atom. The first kappa shape index (κ1) is 13.7. The molecular formula is C14H21NO2. The predicted octanol–water partition coefficient (Wildman–Crippen LogP) is 3.05. The zero-order chi connectivity index (χ0) is 12.5. The molecule has 0 saturated heterocycles. The van der Waals surface area contributed by atoms with Crippen molar-refractivity contribution in [3.63, 3.8) is 0 Å². The number of benzene rings is 1. The lowest BCUT2D eigenvalue weighted by molar-refractivity contribution is 0.0696. The quantitative estimate of drug-likeness (QED) is 0.681. The molecular weight excluding hydrogens is 214 g/mol. The number of aromatic carboxylic acids is 1. The fourth-order valence-corrected chi connectivity index (χ4v) is 1.72. The molecule has 3 heteroatoms. The van der Waals surface area contributed by atoms with Crippen LogP contribution < -0.4 is 5.32 Å². The number of carbonyl (C=O) groups is 1. The summed E-state index contributed by atoms with van der Waals surface area (Å²) in [5.41, 5.74) is 1.38. The highest BCUT2D eigenvalue weighted by Gasteiger charge is 2.02. The minimum absolute atomic E-state index is 0.357. The third kappa shape index (κ3) is 5.50. The lowest BCUT2D eigenvalue weighted by atomic mass is 10.1. The minimum Gasteiger partial charge on any atom is -0.478 e. The molecule has 0 atom stereocenters. The maximum Gasteiger partial charge on any atom is 0.335 e. The van der Waals surface area contributed by atoms with E-state index < -0.39 is 5.97 Å². The topological polar surface area (TPSA) is 49.3 Å². The van der Waals surface area contributed by atoms with Crippen LogP contribution in [-0.2, 0) is 6.54 Å². The Bertz CT molecular complexity index is 350. The Kier molecular flexibility index (Phi) is 6.33. The largest absolute Gasteiger partial charge is 0.478 e. The van der Waals surface area contributed by atoms with Gasteiger partial charge in [0.25, 0.3) is 0 Å². The molecule has 0 saturated carbocycles. The number of carboxylic acid groups (broad SMARTS) is 1. The van der Waals surface area contributed by atoms with E-state index in [1.54, 1.807) is 18.2 Å². The van der Waals surface area contributed by atoms with Crippen molar-refractivity contribution in [3.8, 4) is 0 Å². The number of rotatable bonds is 8. The molecule has 0 radical (unpaired) electrons. The zero-order valence-corrected chi connectivity index (χ0v) is 10.4. The number of nitrogens with one attached hydrogen (secondary N) is 1. The second-order valence-corrected chi connectivity index (χ2v) is 4.24. The zero-order valence-electron chi connectivity index (χ0n) is 10.4. The standard InChI is InChI=1S/C14H21NO2/c1-2-3-4-5-9-15-11-12-7-6-8-13(10-12)14(16)17/h6-8,10,15H,2-5,9,11H2,1H3,(H,16,17). The van der Waals surface area contributed by atoms with Crippen molar-refractivity contribution in [3.05, 3.63) is 35.4 Å². The van der Waals surface area contributed by atoms with Crippen molar-refractivity contribution in [2.24, 2.45) is 0 Å². The van der Waals surface area contributed by atoms with Crippen LogP contribution in [0.3, 0.4) is 0 Å². The van der Waals surface area contributed by atoms with Gasteiger partial charge >= 0.3 is 5.97 Å². The van der Waals surface area contributed by atoms with Gasteiger partial charge in [0.2, 0.25) is 0 Å². The van der Waals surface area contributed by atoms with E-state index in [2.05, 4.69) is 12.2 Å². The second-order valence-electron chi connectivity index (χ2n) is 4.24. The van der Waals surface area contributed by atoms with Crippen LogP contribution in [0.4, 0.5) is 0 Å². The van der Waals surface area contributed by atoms with Crippen molar-refractivity contribution in [2.45, 2.75) is 39.2 Å².